The molecule has 2 aromatic carbocycles. The highest BCUT2D eigenvalue weighted by Gasteiger charge is 2.28. The Bertz CT molecular complexity index is 1090. The molecule has 0 spiro atoms. The molecule has 0 saturated carbocycles. The third kappa shape index (κ3) is 5.34. The third-order valence-electron chi connectivity index (χ3n) is 5.14. The molecule has 1 aliphatic rings. The lowest BCUT2D eigenvalue weighted by molar-refractivity contribution is -0.133. The molecule has 0 aliphatic carbocycles. The number of carbonyl (C=O) groups excluding carboxylic acids is 2. The van der Waals surface area contributed by atoms with E-state index in [9.17, 15) is 9.59 Å². The van der Waals surface area contributed by atoms with Gasteiger partial charge in [0.25, 0.3) is 0 Å². The van der Waals surface area contributed by atoms with E-state index in [2.05, 4.69) is 0 Å². The highest BCUT2D eigenvalue weighted by molar-refractivity contribution is 6.33. The molecule has 9 nitrogen and oxygen atoms in total. The molecular weight excluding hydrogens is 455 g/mol. The SMILES string of the molecule is N#Cc1cc(Cl)cc(Oc2c(Cl)ccc(N(N)CC(=O)N3CCCC(C(N)=O)C3)c2N)c1. The molecule has 0 aromatic heterocycles. The number of piperidine rings is 1. The van der Waals surface area contributed by atoms with Crippen LogP contribution in [0.15, 0.2) is 30.3 Å². The van der Waals surface area contributed by atoms with Crippen LogP contribution < -0.4 is 27.1 Å². The monoisotopic (exact) mass is 476 g/mol. The van der Waals surface area contributed by atoms with Crippen LogP contribution in [-0.4, -0.2) is 36.3 Å². The van der Waals surface area contributed by atoms with E-state index < -0.39 is 5.91 Å². The lowest BCUT2D eigenvalue weighted by Gasteiger charge is -2.32. The number of ether oxygens (including phenoxy) is 1. The Morgan fingerprint density at radius 2 is 2.03 bits per heavy atom. The number of nitrogens with zero attached hydrogens (tertiary/aromatic N) is 3. The first-order valence-electron chi connectivity index (χ1n) is 9.75. The summed E-state index contributed by atoms with van der Waals surface area (Å²) in [4.78, 5) is 25.8. The molecule has 1 unspecified atom stereocenters. The fraction of sp³-hybridized carbons (Fsp3) is 0.286. The zero-order valence-corrected chi connectivity index (χ0v) is 18.6. The number of anilines is 2. The molecule has 11 heteroatoms. The molecule has 2 amide bonds. The fourth-order valence-corrected chi connectivity index (χ4v) is 3.92. The Hall–Kier alpha value is -3.19. The Morgan fingerprint density at radius 1 is 1.28 bits per heavy atom. The zero-order valence-electron chi connectivity index (χ0n) is 17.1. The summed E-state index contributed by atoms with van der Waals surface area (Å²) < 4.78 is 5.79. The van der Waals surface area contributed by atoms with Gasteiger partial charge in [-0.05, 0) is 43.2 Å². The second kappa shape index (κ2) is 9.96. The fourth-order valence-electron chi connectivity index (χ4n) is 3.49. The molecule has 1 aliphatic heterocycles. The van der Waals surface area contributed by atoms with Crippen LogP contribution in [0.25, 0.3) is 0 Å². The molecular formula is C21H22Cl2N6O3. The molecule has 0 bridgehead atoms. The van der Waals surface area contributed by atoms with Crippen molar-refractivity contribution in [2.75, 3.05) is 30.4 Å². The number of benzene rings is 2. The van der Waals surface area contributed by atoms with Crippen molar-refractivity contribution in [3.63, 3.8) is 0 Å². The van der Waals surface area contributed by atoms with Crippen LogP contribution in [0, 0.1) is 17.2 Å². The normalized spacial score (nSPS) is 15.7. The van der Waals surface area contributed by atoms with Gasteiger partial charge in [0.15, 0.2) is 5.75 Å². The standard InChI is InChI=1S/C21H22Cl2N6O3/c22-14-6-12(9-24)7-15(8-14)32-20-16(23)3-4-17(19(20)25)29(27)11-18(30)28-5-1-2-13(10-28)21(26)31/h3-4,6-8,13H,1-2,5,10-11,25,27H2,(H2,26,31). The molecule has 32 heavy (non-hydrogen) atoms. The summed E-state index contributed by atoms with van der Waals surface area (Å²) in [6.07, 6.45) is 1.35. The van der Waals surface area contributed by atoms with Gasteiger partial charge < -0.3 is 21.1 Å². The van der Waals surface area contributed by atoms with Gasteiger partial charge >= 0.3 is 0 Å². The number of amides is 2. The molecule has 1 heterocycles. The number of likely N-dealkylation sites (tertiary alicyclic amines) is 1. The van der Waals surface area contributed by atoms with Crippen molar-refractivity contribution in [1.29, 1.82) is 5.26 Å². The summed E-state index contributed by atoms with van der Waals surface area (Å²) in [5.41, 5.74) is 12.4. The summed E-state index contributed by atoms with van der Waals surface area (Å²) in [7, 11) is 0. The zero-order chi connectivity index (χ0) is 23.4. The van der Waals surface area contributed by atoms with E-state index >= 15 is 0 Å². The largest absolute Gasteiger partial charge is 0.453 e. The highest BCUT2D eigenvalue weighted by Crippen LogP contribution is 2.41. The van der Waals surface area contributed by atoms with Gasteiger partial charge in [-0.15, -0.1) is 0 Å². The third-order valence-corrected chi connectivity index (χ3v) is 5.65. The second-order valence-corrected chi connectivity index (χ2v) is 8.25. The van der Waals surface area contributed by atoms with Gasteiger partial charge in [-0.3, -0.25) is 14.6 Å². The van der Waals surface area contributed by atoms with Crippen molar-refractivity contribution >= 4 is 46.4 Å². The Labute approximate surface area is 195 Å². The van der Waals surface area contributed by atoms with Crippen LogP contribution >= 0.6 is 23.2 Å². The van der Waals surface area contributed by atoms with Crippen LogP contribution in [-0.2, 0) is 9.59 Å². The van der Waals surface area contributed by atoms with Crippen molar-refractivity contribution in [3.05, 3.63) is 45.9 Å². The molecule has 6 N–H and O–H groups in total. The molecule has 1 fully saturated rings. The number of nitriles is 1. The number of hydrazine groups is 1. The molecule has 1 saturated heterocycles. The minimum absolute atomic E-state index is 0.111. The average molecular weight is 477 g/mol. The average Bonchev–Trinajstić information content (AvgIpc) is 2.76. The van der Waals surface area contributed by atoms with Gasteiger partial charge in [-0.25, -0.2) is 5.84 Å². The van der Waals surface area contributed by atoms with E-state index in [0.29, 0.717) is 35.7 Å². The summed E-state index contributed by atoms with van der Waals surface area (Å²) >= 11 is 12.3. The molecule has 1 atom stereocenters. The maximum Gasteiger partial charge on any atom is 0.243 e. The summed E-state index contributed by atoms with van der Waals surface area (Å²) in [5, 5.41) is 10.8. The van der Waals surface area contributed by atoms with Gasteiger partial charge in [0, 0.05) is 18.1 Å². The number of nitrogens with two attached hydrogens (primary N) is 3. The van der Waals surface area contributed by atoms with E-state index in [4.69, 9.17) is 50.5 Å². The molecule has 168 valence electrons. The van der Waals surface area contributed by atoms with Crippen molar-refractivity contribution in [2.24, 2.45) is 17.5 Å². The predicted molar refractivity (Wildman–Crippen MR) is 122 cm³/mol. The van der Waals surface area contributed by atoms with Gasteiger partial charge in [-0.1, -0.05) is 23.2 Å². The number of hydrogen-bond donors (Lipinski definition) is 3. The topological polar surface area (TPSA) is 152 Å². The van der Waals surface area contributed by atoms with Crippen LogP contribution in [0.4, 0.5) is 11.4 Å². The van der Waals surface area contributed by atoms with Crippen molar-refractivity contribution < 1.29 is 14.3 Å². The summed E-state index contributed by atoms with van der Waals surface area (Å²) in [6.45, 7) is 0.617. The lowest BCUT2D eigenvalue weighted by atomic mass is 9.97. The van der Waals surface area contributed by atoms with Crippen LogP contribution in [0.2, 0.25) is 10.0 Å². The van der Waals surface area contributed by atoms with Gasteiger partial charge in [0.1, 0.15) is 18.0 Å². The molecule has 3 rings (SSSR count). The van der Waals surface area contributed by atoms with Gasteiger partial charge in [-0.2, -0.15) is 5.26 Å². The van der Waals surface area contributed by atoms with Crippen LogP contribution in [0.1, 0.15) is 18.4 Å². The first kappa shape index (κ1) is 23.5. The number of hydrogen-bond acceptors (Lipinski definition) is 7. The maximum atomic E-state index is 12.7. The highest BCUT2D eigenvalue weighted by atomic mass is 35.5. The smallest absolute Gasteiger partial charge is 0.243 e. The van der Waals surface area contributed by atoms with Crippen LogP contribution in [0.3, 0.4) is 0 Å². The quantitative estimate of drug-likeness (QED) is 0.329. The Morgan fingerprint density at radius 3 is 2.72 bits per heavy atom. The van der Waals surface area contributed by atoms with E-state index in [1.165, 1.54) is 29.3 Å². The van der Waals surface area contributed by atoms with Crippen LogP contribution in [0.5, 0.6) is 11.5 Å². The number of halogens is 2. The summed E-state index contributed by atoms with van der Waals surface area (Å²) in [5.74, 6) is 5.47. The number of nitrogen functional groups attached to an aromatic ring is 1. The maximum absolute atomic E-state index is 12.7. The minimum atomic E-state index is -0.420. The number of primary amides is 1. The number of carbonyl (C=O) groups is 2. The lowest BCUT2D eigenvalue weighted by Crippen LogP contribution is -2.49. The Balaban J connectivity index is 1.78. The van der Waals surface area contributed by atoms with Gasteiger partial charge in [0.05, 0.1) is 28.3 Å². The molecule has 2 aromatic rings. The van der Waals surface area contributed by atoms with Crippen molar-refractivity contribution in [1.82, 2.24) is 4.90 Å². The second-order valence-electron chi connectivity index (χ2n) is 7.41. The van der Waals surface area contributed by atoms with E-state index in [1.807, 2.05) is 6.07 Å². The Kier molecular flexibility index (Phi) is 7.30. The predicted octanol–water partition coefficient (Wildman–Crippen LogP) is 2.64. The first-order valence-corrected chi connectivity index (χ1v) is 10.5. The number of rotatable bonds is 6. The van der Waals surface area contributed by atoms with E-state index in [0.717, 1.165) is 0 Å². The first-order chi connectivity index (χ1) is 15.2. The van der Waals surface area contributed by atoms with E-state index in [-0.39, 0.29) is 47.1 Å². The molecule has 0 radical (unpaired) electrons. The summed E-state index contributed by atoms with van der Waals surface area (Å²) in [6, 6.07) is 9.59. The van der Waals surface area contributed by atoms with E-state index in [1.54, 1.807) is 11.0 Å². The van der Waals surface area contributed by atoms with Crippen molar-refractivity contribution in [3.8, 4) is 17.6 Å². The van der Waals surface area contributed by atoms with Gasteiger partial charge in [0.2, 0.25) is 11.8 Å². The van der Waals surface area contributed by atoms with Crippen molar-refractivity contribution in [2.45, 2.75) is 12.8 Å². The minimum Gasteiger partial charge on any atom is -0.453 e.